The Hall–Kier alpha value is -2.08. The lowest BCUT2D eigenvalue weighted by molar-refractivity contribution is 0.397. The maximum absolute atomic E-state index is 5.78. The number of halogens is 1. The molecule has 0 aliphatic heterocycles. The molecule has 0 spiro atoms. The molecule has 0 atom stereocenters. The lowest BCUT2D eigenvalue weighted by atomic mass is 10.2. The number of pyridine rings is 1. The van der Waals surface area contributed by atoms with E-state index in [4.69, 9.17) is 22.1 Å². The average molecular weight is 266 g/mol. The highest BCUT2D eigenvalue weighted by atomic mass is 35.5. The van der Waals surface area contributed by atoms with Gasteiger partial charge in [-0.3, -0.25) is 0 Å². The van der Waals surface area contributed by atoms with E-state index in [0.717, 1.165) is 5.56 Å². The number of nitrogen functional groups attached to an aromatic ring is 1. The first-order chi connectivity index (χ1) is 8.67. The molecule has 94 valence electrons. The summed E-state index contributed by atoms with van der Waals surface area (Å²) < 4.78 is 5.04. The van der Waals surface area contributed by atoms with Crippen LogP contribution < -0.4 is 15.8 Å². The maximum atomic E-state index is 5.78. The van der Waals surface area contributed by atoms with E-state index in [0.29, 0.717) is 23.4 Å². The van der Waals surface area contributed by atoms with Crippen LogP contribution in [0.3, 0.4) is 0 Å². The van der Waals surface area contributed by atoms with Gasteiger partial charge in [-0.2, -0.15) is 4.98 Å². The molecule has 2 aromatic heterocycles. The summed E-state index contributed by atoms with van der Waals surface area (Å²) in [5, 5.41) is 3.40. The van der Waals surface area contributed by atoms with Crippen molar-refractivity contribution in [2.75, 3.05) is 18.2 Å². The van der Waals surface area contributed by atoms with Gasteiger partial charge in [-0.15, -0.1) is 0 Å². The molecule has 0 aliphatic rings. The normalized spacial score (nSPS) is 10.1. The number of nitrogens with zero attached hydrogens (tertiary/aromatic N) is 3. The Morgan fingerprint density at radius 3 is 2.94 bits per heavy atom. The van der Waals surface area contributed by atoms with Gasteiger partial charge in [0.15, 0.2) is 0 Å². The second kappa shape index (κ2) is 5.50. The van der Waals surface area contributed by atoms with Gasteiger partial charge in [0.25, 0.3) is 0 Å². The molecule has 3 N–H and O–H groups in total. The summed E-state index contributed by atoms with van der Waals surface area (Å²) in [7, 11) is 1.57. The van der Waals surface area contributed by atoms with Crippen molar-refractivity contribution in [3.63, 3.8) is 0 Å². The SMILES string of the molecule is COc1cc(CNc2cc(Cl)nc(N)n2)ccn1. The molecule has 2 heterocycles. The summed E-state index contributed by atoms with van der Waals surface area (Å²) in [4.78, 5) is 11.8. The van der Waals surface area contributed by atoms with Crippen LogP contribution in [0.5, 0.6) is 5.88 Å². The highest BCUT2D eigenvalue weighted by molar-refractivity contribution is 6.29. The van der Waals surface area contributed by atoms with E-state index in [1.165, 1.54) is 0 Å². The van der Waals surface area contributed by atoms with E-state index in [1.54, 1.807) is 19.4 Å². The molecular formula is C11H12ClN5O. The van der Waals surface area contributed by atoms with E-state index in [2.05, 4.69) is 20.3 Å². The first-order valence-electron chi connectivity index (χ1n) is 5.20. The topological polar surface area (TPSA) is 86.0 Å². The molecule has 0 fully saturated rings. The van der Waals surface area contributed by atoms with Crippen LogP contribution >= 0.6 is 11.6 Å². The van der Waals surface area contributed by atoms with Gasteiger partial charge in [0.05, 0.1) is 7.11 Å². The van der Waals surface area contributed by atoms with E-state index < -0.39 is 0 Å². The van der Waals surface area contributed by atoms with E-state index in [-0.39, 0.29) is 5.95 Å². The van der Waals surface area contributed by atoms with Crippen molar-refractivity contribution in [1.82, 2.24) is 15.0 Å². The molecule has 7 heteroatoms. The zero-order chi connectivity index (χ0) is 13.0. The van der Waals surface area contributed by atoms with Crippen molar-refractivity contribution in [1.29, 1.82) is 0 Å². The highest BCUT2D eigenvalue weighted by Gasteiger charge is 2.01. The minimum atomic E-state index is 0.136. The molecule has 0 unspecified atom stereocenters. The standard InChI is InChI=1S/C11H12ClN5O/c1-18-10-4-7(2-3-14-10)6-15-9-5-8(12)16-11(13)17-9/h2-5H,6H2,1H3,(H3,13,15,16,17). The molecule has 0 radical (unpaired) electrons. The van der Waals surface area contributed by atoms with Gasteiger partial charge in [0.2, 0.25) is 11.8 Å². The summed E-state index contributed by atoms with van der Waals surface area (Å²) >= 11 is 5.78. The van der Waals surface area contributed by atoms with Crippen LogP contribution in [0.15, 0.2) is 24.4 Å². The third kappa shape index (κ3) is 3.21. The van der Waals surface area contributed by atoms with Crippen molar-refractivity contribution in [2.45, 2.75) is 6.54 Å². The Morgan fingerprint density at radius 1 is 1.39 bits per heavy atom. The molecule has 6 nitrogen and oxygen atoms in total. The summed E-state index contributed by atoms with van der Waals surface area (Å²) in [6.45, 7) is 0.561. The number of hydrogen-bond acceptors (Lipinski definition) is 6. The van der Waals surface area contributed by atoms with Crippen LogP contribution in [0.1, 0.15) is 5.56 Å². The molecule has 0 aromatic carbocycles. The predicted molar refractivity (Wildman–Crippen MR) is 69.6 cm³/mol. The predicted octanol–water partition coefficient (Wildman–Crippen LogP) is 1.73. The molecular weight excluding hydrogens is 254 g/mol. The Bertz CT molecular complexity index is 528. The first kappa shape index (κ1) is 12.4. The van der Waals surface area contributed by atoms with Gasteiger partial charge in [0.1, 0.15) is 11.0 Å². The number of ether oxygens (including phenoxy) is 1. The molecule has 0 saturated carbocycles. The summed E-state index contributed by atoms with van der Waals surface area (Å²) in [6.07, 6.45) is 1.68. The van der Waals surface area contributed by atoms with E-state index in [9.17, 15) is 0 Å². The fourth-order valence-corrected chi connectivity index (χ4v) is 1.58. The van der Waals surface area contributed by atoms with E-state index in [1.807, 2.05) is 12.1 Å². The number of methoxy groups -OCH3 is 1. The molecule has 0 aliphatic carbocycles. The van der Waals surface area contributed by atoms with Crippen LogP contribution in [0.2, 0.25) is 5.15 Å². The van der Waals surface area contributed by atoms with Crippen LogP contribution in [-0.2, 0) is 6.54 Å². The van der Waals surface area contributed by atoms with Crippen molar-refractivity contribution in [3.05, 3.63) is 35.1 Å². The number of hydrogen-bond donors (Lipinski definition) is 2. The Balaban J connectivity index is 2.06. The lowest BCUT2D eigenvalue weighted by Crippen LogP contribution is -2.04. The molecule has 0 saturated heterocycles. The van der Waals surface area contributed by atoms with E-state index >= 15 is 0 Å². The Labute approximate surface area is 109 Å². The van der Waals surface area contributed by atoms with Gasteiger partial charge in [-0.05, 0) is 11.6 Å². The Morgan fingerprint density at radius 2 is 2.22 bits per heavy atom. The third-order valence-electron chi connectivity index (χ3n) is 2.19. The van der Waals surface area contributed by atoms with Crippen molar-refractivity contribution < 1.29 is 4.74 Å². The van der Waals surface area contributed by atoms with Gasteiger partial charge in [-0.25, -0.2) is 9.97 Å². The fourth-order valence-electron chi connectivity index (χ4n) is 1.39. The number of anilines is 2. The van der Waals surface area contributed by atoms with Crippen molar-refractivity contribution >= 4 is 23.4 Å². The van der Waals surface area contributed by atoms with Gasteiger partial charge >= 0.3 is 0 Å². The number of aromatic nitrogens is 3. The molecule has 2 rings (SSSR count). The Kier molecular flexibility index (Phi) is 3.78. The molecule has 0 amide bonds. The zero-order valence-corrected chi connectivity index (χ0v) is 10.5. The summed E-state index contributed by atoms with van der Waals surface area (Å²) in [5.41, 5.74) is 6.51. The van der Waals surface area contributed by atoms with Gasteiger partial charge in [0, 0.05) is 24.9 Å². The van der Waals surface area contributed by atoms with Crippen molar-refractivity contribution in [2.24, 2.45) is 0 Å². The molecule has 0 bridgehead atoms. The molecule has 18 heavy (non-hydrogen) atoms. The highest BCUT2D eigenvalue weighted by Crippen LogP contribution is 2.14. The monoisotopic (exact) mass is 265 g/mol. The van der Waals surface area contributed by atoms with Crippen molar-refractivity contribution in [3.8, 4) is 5.88 Å². The second-order valence-electron chi connectivity index (χ2n) is 3.49. The van der Waals surface area contributed by atoms with Crippen LogP contribution in [0, 0.1) is 0 Å². The number of nitrogens with two attached hydrogens (primary N) is 1. The molecule has 2 aromatic rings. The third-order valence-corrected chi connectivity index (χ3v) is 2.39. The first-order valence-corrected chi connectivity index (χ1v) is 5.58. The van der Waals surface area contributed by atoms with Gasteiger partial charge in [-0.1, -0.05) is 11.6 Å². The number of rotatable bonds is 4. The van der Waals surface area contributed by atoms with Crippen LogP contribution in [-0.4, -0.2) is 22.1 Å². The second-order valence-corrected chi connectivity index (χ2v) is 3.88. The quantitative estimate of drug-likeness (QED) is 0.819. The fraction of sp³-hybridized carbons (Fsp3) is 0.182. The summed E-state index contributed by atoms with van der Waals surface area (Å²) in [6, 6.07) is 5.32. The minimum absolute atomic E-state index is 0.136. The lowest BCUT2D eigenvalue weighted by Gasteiger charge is -2.07. The zero-order valence-electron chi connectivity index (χ0n) is 9.72. The van der Waals surface area contributed by atoms with Crippen LogP contribution in [0.25, 0.3) is 0 Å². The maximum Gasteiger partial charge on any atom is 0.223 e. The summed E-state index contributed by atoms with van der Waals surface area (Å²) in [5.74, 6) is 1.27. The van der Waals surface area contributed by atoms with Gasteiger partial charge < -0.3 is 15.8 Å². The smallest absolute Gasteiger partial charge is 0.223 e. The van der Waals surface area contributed by atoms with Crippen LogP contribution in [0.4, 0.5) is 11.8 Å². The largest absolute Gasteiger partial charge is 0.481 e. The number of nitrogens with one attached hydrogen (secondary N) is 1. The minimum Gasteiger partial charge on any atom is -0.481 e. The average Bonchev–Trinajstić information content (AvgIpc) is 2.35.